The molecule has 0 saturated heterocycles. The van der Waals surface area contributed by atoms with E-state index in [9.17, 15) is 9.59 Å². The van der Waals surface area contributed by atoms with Crippen LogP contribution in [0.1, 0.15) is 47.0 Å². The third-order valence-corrected chi connectivity index (χ3v) is 4.55. The van der Waals surface area contributed by atoms with Crippen molar-refractivity contribution in [1.29, 1.82) is 0 Å². The number of nitrogens with zero attached hydrogens (tertiary/aromatic N) is 1. The van der Waals surface area contributed by atoms with Gasteiger partial charge in [-0.05, 0) is 30.0 Å². The monoisotopic (exact) mass is 317 g/mol. The molecule has 0 spiro atoms. The fraction of sp³-hybridized carbons (Fsp3) is 0.312. The van der Waals surface area contributed by atoms with E-state index in [1.165, 1.54) is 11.3 Å². The molecule has 0 aromatic carbocycles. The van der Waals surface area contributed by atoms with Crippen LogP contribution in [0.25, 0.3) is 0 Å². The van der Waals surface area contributed by atoms with Gasteiger partial charge in [0.05, 0.1) is 5.56 Å². The van der Waals surface area contributed by atoms with Crippen LogP contribution in [0.5, 0.6) is 0 Å². The lowest BCUT2D eigenvalue weighted by molar-refractivity contribution is -0.116. The van der Waals surface area contributed by atoms with E-state index >= 15 is 0 Å². The standard InChI is InChI=1S/C16H19N3O2S/c1-10(2)13-8-12(15(17)21)16(22-13)19-14(20)6-5-11-4-3-7-18-9-11/h3-4,7-10H,5-6H2,1-2H3,(H2,17,21)(H,19,20). The van der Waals surface area contributed by atoms with Gasteiger partial charge in [0.25, 0.3) is 5.91 Å². The molecule has 2 amide bonds. The number of nitrogens with two attached hydrogens (primary N) is 1. The van der Waals surface area contributed by atoms with Gasteiger partial charge in [-0.1, -0.05) is 19.9 Å². The van der Waals surface area contributed by atoms with E-state index in [-0.39, 0.29) is 11.8 Å². The summed E-state index contributed by atoms with van der Waals surface area (Å²) in [6.45, 7) is 4.06. The number of nitrogens with one attached hydrogen (secondary N) is 1. The van der Waals surface area contributed by atoms with Crippen molar-refractivity contribution in [2.75, 3.05) is 5.32 Å². The van der Waals surface area contributed by atoms with Gasteiger partial charge < -0.3 is 11.1 Å². The van der Waals surface area contributed by atoms with E-state index in [4.69, 9.17) is 5.73 Å². The van der Waals surface area contributed by atoms with Crippen molar-refractivity contribution in [3.63, 3.8) is 0 Å². The van der Waals surface area contributed by atoms with Crippen molar-refractivity contribution in [2.45, 2.75) is 32.6 Å². The lowest BCUT2D eigenvalue weighted by Gasteiger charge is -2.04. The SMILES string of the molecule is CC(C)c1cc(C(N)=O)c(NC(=O)CCc2cccnc2)s1. The molecule has 2 rings (SSSR count). The van der Waals surface area contributed by atoms with Crippen LogP contribution in [0, 0.1) is 0 Å². The van der Waals surface area contributed by atoms with Crippen LogP contribution >= 0.6 is 11.3 Å². The molecule has 2 aromatic rings. The maximum absolute atomic E-state index is 12.1. The third-order valence-electron chi connectivity index (χ3n) is 3.20. The van der Waals surface area contributed by atoms with Gasteiger partial charge in [-0.25, -0.2) is 0 Å². The third kappa shape index (κ3) is 4.14. The molecule has 22 heavy (non-hydrogen) atoms. The summed E-state index contributed by atoms with van der Waals surface area (Å²) in [4.78, 5) is 28.6. The molecular weight excluding hydrogens is 298 g/mol. The number of aromatic nitrogens is 1. The van der Waals surface area contributed by atoms with Crippen LogP contribution in [0.15, 0.2) is 30.6 Å². The Kier molecular flexibility index (Phi) is 5.27. The van der Waals surface area contributed by atoms with E-state index in [0.717, 1.165) is 10.4 Å². The summed E-state index contributed by atoms with van der Waals surface area (Å²) in [6.07, 6.45) is 4.37. The largest absolute Gasteiger partial charge is 0.366 e. The van der Waals surface area contributed by atoms with Crippen LogP contribution in [0.3, 0.4) is 0 Å². The summed E-state index contributed by atoms with van der Waals surface area (Å²) >= 11 is 1.40. The van der Waals surface area contributed by atoms with E-state index in [2.05, 4.69) is 10.3 Å². The second-order valence-electron chi connectivity index (χ2n) is 5.32. The zero-order chi connectivity index (χ0) is 16.1. The molecule has 0 radical (unpaired) electrons. The minimum Gasteiger partial charge on any atom is -0.366 e. The zero-order valence-electron chi connectivity index (χ0n) is 12.6. The summed E-state index contributed by atoms with van der Waals surface area (Å²) in [5.41, 5.74) is 6.76. The highest BCUT2D eigenvalue weighted by Crippen LogP contribution is 2.32. The van der Waals surface area contributed by atoms with Gasteiger partial charge in [-0.2, -0.15) is 0 Å². The predicted octanol–water partition coefficient (Wildman–Crippen LogP) is 2.94. The fourth-order valence-electron chi connectivity index (χ4n) is 1.96. The number of anilines is 1. The summed E-state index contributed by atoms with van der Waals surface area (Å²) in [5.74, 6) is -0.377. The molecular formula is C16H19N3O2S. The van der Waals surface area contributed by atoms with Gasteiger partial charge in [0, 0.05) is 23.7 Å². The van der Waals surface area contributed by atoms with E-state index in [1.54, 1.807) is 18.5 Å². The Morgan fingerprint density at radius 2 is 2.18 bits per heavy atom. The molecule has 0 atom stereocenters. The first-order valence-electron chi connectivity index (χ1n) is 7.09. The molecule has 0 aliphatic carbocycles. The first-order valence-corrected chi connectivity index (χ1v) is 7.91. The van der Waals surface area contributed by atoms with Gasteiger partial charge in [0.15, 0.2) is 0 Å². The van der Waals surface area contributed by atoms with Crippen molar-refractivity contribution in [1.82, 2.24) is 4.98 Å². The summed E-state index contributed by atoms with van der Waals surface area (Å²) in [7, 11) is 0. The fourth-order valence-corrected chi connectivity index (χ4v) is 3.05. The molecule has 0 unspecified atom stereocenters. The lowest BCUT2D eigenvalue weighted by atomic mass is 10.1. The molecule has 116 valence electrons. The maximum atomic E-state index is 12.1. The van der Waals surface area contributed by atoms with Crippen LogP contribution < -0.4 is 11.1 Å². The normalized spacial score (nSPS) is 10.7. The van der Waals surface area contributed by atoms with Crippen LogP contribution in [0.2, 0.25) is 0 Å². The van der Waals surface area contributed by atoms with Crippen LogP contribution in [0.4, 0.5) is 5.00 Å². The number of carbonyl (C=O) groups excluding carboxylic acids is 2. The molecule has 0 fully saturated rings. The van der Waals surface area contributed by atoms with E-state index in [0.29, 0.717) is 23.4 Å². The molecule has 3 N–H and O–H groups in total. The first-order chi connectivity index (χ1) is 10.5. The number of primary amides is 1. The van der Waals surface area contributed by atoms with Gasteiger partial charge in [0.2, 0.25) is 5.91 Å². The Labute approximate surface area is 133 Å². The van der Waals surface area contributed by atoms with Crippen molar-refractivity contribution < 1.29 is 9.59 Å². The number of aryl methyl sites for hydroxylation is 1. The molecule has 0 saturated carbocycles. The van der Waals surface area contributed by atoms with Gasteiger partial charge in [-0.3, -0.25) is 14.6 Å². The van der Waals surface area contributed by atoms with E-state index in [1.807, 2.05) is 26.0 Å². The first kappa shape index (κ1) is 16.2. The molecule has 0 aliphatic heterocycles. The number of pyridine rings is 1. The van der Waals surface area contributed by atoms with Gasteiger partial charge in [0.1, 0.15) is 5.00 Å². The Bertz CT molecular complexity index is 665. The number of thiophene rings is 1. The highest BCUT2D eigenvalue weighted by atomic mass is 32.1. The Balaban J connectivity index is 2.03. The highest BCUT2D eigenvalue weighted by molar-refractivity contribution is 7.16. The number of hydrogen-bond donors (Lipinski definition) is 2. The topological polar surface area (TPSA) is 85.1 Å². The number of rotatable bonds is 6. The van der Waals surface area contributed by atoms with Crippen molar-refractivity contribution >= 4 is 28.2 Å². The van der Waals surface area contributed by atoms with Crippen LogP contribution in [-0.4, -0.2) is 16.8 Å². The highest BCUT2D eigenvalue weighted by Gasteiger charge is 2.17. The Morgan fingerprint density at radius 1 is 1.41 bits per heavy atom. The van der Waals surface area contributed by atoms with E-state index < -0.39 is 5.91 Å². The minimum atomic E-state index is -0.522. The Hall–Kier alpha value is -2.21. The number of hydrogen-bond acceptors (Lipinski definition) is 4. The summed E-state index contributed by atoms with van der Waals surface area (Å²) < 4.78 is 0. The van der Waals surface area contributed by atoms with Crippen molar-refractivity contribution in [3.05, 3.63) is 46.6 Å². The molecule has 5 nitrogen and oxygen atoms in total. The van der Waals surface area contributed by atoms with Gasteiger partial charge in [-0.15, -0.1) is 11.3 Å². The zero-order valence-corrected chi connectivity index (χ0v) is 13.4. The molecule has 2 heterocycles. The lowest BCUT2D eigenvalue weighted by Crippen LogP contribution is -2.16. The number of amides is 2. The van der Waals surface area contributed by atoms with Crippen molar-refractivity contribution in [2.24, 2.45) is 5.73 Å². The summed E-state index contributed by atoms with van der Waals surface area (Å²) in [5, 5.41) is 3.33. The van der Waals surface area contributed by atoms with Gasteiger partial charge >= 0.3 is 0 Å². The maximum Gasteiger partial charge on any atom is 0.251 e. The molecule has 2 aromatic heterocycles. The molecule has 6 heteroatoms. The second-order valence-corrected chi connectivity index (χ2v) is 6.40. The molecule has 0 bridgehead atoms. The average Bonchev–Trinajstić information content (AvgIpc) is 2.90. The second kappa shape index (κ2) is 7.17. The van der Waals surface area contributed by atoms with Crippen molar-refractivity contribution in [3.8, 4) is 0 Å². The van der Waals surface area contributed by atoms with Crippen LogP contribution in [-0.2, 0) is 11.2 Å². The average molecular weight is 317 g/mol. The predicted molar refractivity (Wildman–Crippen MR) is 88.1 cm³/mol. The Morgan fingerprint density at radius 3 is 2.77 bits per heavy atom. The minimum absolute atomic E-state index is 0.136. The molecule has 0 aliphatic rings. The number of carbonyl (C=O) groups is 2. The summed E-state index contributed by atoms with van der Waals surface area (Å²) in [6, 6.07) is 5.53. The quantitative estimate of drug-likeness (QED) is 0.859. The smallest absolute Gasteiger partial charge is 0.251 e.